The standard InChI is InChI=1S/C21H26N4O/c1-23-18-10-3-2-9-17(18)22-21(23)19-11-4-5-16-25(19)20(26)12-8-15-24-13-6-7-14-24/h2-3,6-7,9-10,13-14,19H,4-5,8,11-12,15-16H2,1H3/t19-/m1/s1. The minimum Gasteiger partial charge on any atom is -0.354 e. The number of rotatable bonds is 5. The summed E-state index contributed by atoms with van der Waals surface area (Å²) >= 11 is 0. The molecule has 4 rings (SSSR count). The molecule has 1 fully saturated rings. The second-order valence-corrected chi connectivity index (χ2v) is 7.14. The van der Waals surface area contributed by atoms with Crippen molar-refractivity contribution in [1.29, 1.82) is 0 Å². The number of benzene rings is 1. The Kier molecular flexibility index (Phi) is 4.78. The molecule has 1 aromatic carbocycles. The Balaban J connectivity index is 1.50. The van der Waals surface area contributed by atoms with Gasteiger partial charge in [-0.3, -0.25) is 4.79 Å². The third kappa shape index (κ3) is 3.26. The number of fused-ring (bicyclic) bond motifs is 1. The molecule has 0 bridgehead atoms. The number of nitrogens with zero attached hydrogens (tertiary/aromatic N) is 4. The van der Waals surface area contributed by atoms with Crippen LogP contribution in [0.2, 0.25) is 0 Å². The minimum atomic E-state index is 0.0974. The number of likely N-dealkylation sites (tertiary alicyclic amines) is 1. The van der Waals surface area contributed by atoms with Crippen LogP contribution in [-0.2, 0) is 18.4 Å². The Labute approximate surface area is 154 Å². The summed E-state index contributed by atoms with van der Waals surface area (Å²) < 4.78 is 4.29. The lowest BCUT2D eigenvalue weighted by atomic mass is 10.0. The molecule has 0 aliphatic carbocycles. The van der Waals surface area contributed by atoms with Crippen molar-refractivity contribution >= 4 is 16.9 Å². The van der Waals surface area contributed by atoms with E-state index in [1.54, 1.807) is 0 Å². The molecule has 1 atom stereocenters. The number of carbonyl (C=O) groups excluding carboxylic acids is 1. The van der Waals surface area contributed by atoms with Crippen LogP contribution in [0.25, 0.3) is 11.0 Å². The highest BCUT2D eigenvalue weighted by molar-refractivity contribution is 5.78. The predicted molar refractivity (Wildman–Crippen MR) is 103 cm³/mol. The van der Waals surface area contributed by atoms with Crippen molar-refractivity contribution in [2.24, 2.45) is 7.05 Å². The molecular weight excluding hydrogens is 324 g/mol. The fourth-order valence-electron chi connectivity index (χ4n) is 4.04. The van der Waals surface area contributed by atoms with Crippen LogP contribution in [0.15, 0.2) is 48.8 Å². The summed E-state index contributed by atoms with van der Waals surface area (Å²) in [5.74, 6) is 1.28. The first-order valence-corrected chi connectivity index (χ1v) is 9.55. The van der Waals surface area contributed by atoms with Gasteiger partial charge < -0.3 is 14.0 Å². The van der Waals surface area contributed by atoms with E-state index in [0.717, 1.165) is 55.6 Å². The maximum absolute atomic E-state index is 12.9. The van der Waals surface area contributed by atoms with Crippen LogP contribution >= 0.6 is 0 Å². The first-order valence-electron chi connectivity index (χ1n) is 9.55. The SMILES string of the molecule is Cn1c([C@H]2CCCCN2C(=O)CCCn2cccc2)nc2ccccc21. The van der Waals surface area contributed by atoms with E-state index < -0.39 is 0 Å². The lowest BCUT2D eigenvalue weighted by Gasteiger charge is -2.35. The number of hydrogen-bond donors (Lipinski definition) is 0. The van der Waals surface area contributed by atoms with Crippen molar-refractivity contribution in [1.82, 2.24) is 19.0 Å². The molecule has 0 saturated carbocycles. The molecule has 2 aromatic heterocycles. The van der Waals surface area contributed by atoms with Gasteiger partial charge in [0, 0.05) is 39.0 Å². The smallest absolute Gasteiger partial charge is 0.223 e. The zero-order valence-corrected chi connectivity index (χ0v) is 15.3. The summed E-state index contributed by atoms with van der Waals surface area (Å²) in [7, 11) is 2.06. The molecule has 3 aromatic rings. The van der Waals surface area contributed by atoms with Gasteiger partial charge in [0.25, 0.3) is 0 Å². The normalized spacial score (nSPS) is 17.7. The average molecular weight is 350 g/mol. The van der Waals surface area contributed by atoms with E-state index in [2.05, 4.69) is 27.1 Å². The summed E-state index contributed by atoms with van der Waals surface area (Å²) in [6.45, 7) is 1.74. The van der Waals surface area contributed by atoms with Crippen molar-refractivity contribution in [3.05, 3.63) is 54.6 Å². The molecule has 0 spiro atoms. The monoisotopic (exact) mass is 350 g/mol. The predicted octanol–water partition coefficient (Wildman–Crippen LogP) is 3.91. The van der Waals surface area contributed by atoms with Gasteiger partial charge in [-0.2, -0.15) is 0 Å². The lowest BCUT2D eigenvalue weighted by molar-refractivity contribution is -0.135. The van der Waals surface area contributed by atoms with Crippen molar-refractivity contribution in [2.75, 3.05) is 6.54 Å². The van der Waals surface area contributed by atoms with Gasteiger partial charge in [-0.15, -0.1) is 0 Å². The van der Waals surface area contributed by atoms with Gasteiger partial charge in [0.1, 0.15) is 5.82 Å². The van der Waals surface area contributed by atoms with Crippen LogP contribution < -0.4 is 0 Å². The third-order valence-corrected chi connectivity index (χ3v) is 5.42. The van der Waals surface area contributed by atoms with Crippen molar-refractivity contribution in [2.45, 2.75) is 44.7 Å². The molecule has 26 heavy (non-hydrogen) atoms. The van der Waals surface area contributed by atoms with Crippen molar-refractivity contribution in [3.8, 4) is 0 Å². The average Bonchev–Trinajstić information content (AvgIpc) is 3.30. The molecule has 1 saturated heterocycles. The molecule has 1 aliphatic rings. The summed E-state index contributed by atoms with van der Waals surface area (Å²) in [4.78, 5) is 19.8. The molecule has 1 amide bonds. The number of aromatic nitrogens is 3. The molecule has 3 heterocycles. The second kappa shape index (κ2) is 7.36. The minimum absolute atomic E-state index is 0.0974. The van der Waals surface area contributed by atoms with Gasteiger partial charge in [-0.1, -0.05) is 12.1 Å². The van der Waals surface area contributed by atoms with Gasteiger partial charge in [-0.05, 0) is 49.9 Å². The van der Waals surface area contributed by atoms with Gasteiger partial charge in [0.2, 0.25) is 5.91 Å². The molecule has 1 aliphatic heterocycles. The van der Waals surface area contributed by atoms with Gasteiger partial charge in [0.05, 0.1) is 17.1 Å². The van der Waals surface area contributed by atoms with E-state index >= 15 is 0 Å². The summed E-state index contributed by atoms with van der Waals surface area (Å²) in [5.41, 5.74) is 2.14. The Hall–Kier alpha value is -2.56. The fourth-order valence-corrected chi connectivity index (χ4v) is 4.04. The highest BCUT2D eigenvalue weighted by atomic mass is 16.2. The van der Waals surface area contributed by atoms with Gasteiger partial charge in [0.15, 0.2) is 0 Å². The first kappa shape index (κ1) is 16.9. The number of piperidine rings is 1. The van der Waals surface area contributed by atoms with E-state index in [-0.39, 0.29) is 11.9 Å². The third-order valence-electron chi connectivity index (χ3n) is 5.42. The largest absolute Gasteiger partial charge is 0.354 e. The zero-order valence-electron chi connectivity index (χ0n) is 15.3. The number of hydrogen-bond acceptors (Lipinski definition) is 2. The summed E-state index contributed by atoms with van der Waals surface area (Å²) in [6.07, 6.45) is 8.81. The molecule has 5 nitrogen and oxygen atoms in total. The number of para-hydroxylation sites is 2. The van der Waals surface area contributed by atoms with Crippen molar-refractivity contribution < 1.29 is 4.79 Å². The van der Waals surface area contributed by atoms with E-state index in [4.69, 9.17) is 4.98 Å². The fraction of sp³-hybridized carbons (Fsp3) is 0.429. The maximum atomic E-state index is 12.9. The first-order chi connectivity index (χ1) is 12.7. The van der Waals surface area contributed by atoms with Crippen LogP contribution in [0, 0.1) is 0 Å². The van der Waals surface area contributed by atoms with Crippen LogP contribution in [0.1, 0.15) is 44.0 Å². The summed E-state index contributed by atoms with van der Waals surface area (Å²) in [5, 5.41) is 0. The highest BCUT2D eigenvalue weighted by Crippen LogP contribution is 2.32. The van der Waals surface area contributed by atoms with Gasteiger partial charge in [-0.25, -0.2) is 4.98 Å². The van der Waals surface area contributed by atoms with E-state index in [9.17, 15) is 4.79 Å². The lowest BCUT2D eigenvalue weighted by Crippen LogP contribution is -2.39. The van der Waals surface area contributed by atoms with E-state index in [0.29, 0.717) is 6.42 Å². The maximum Gasteiger partial charge on any atom is 0.223 e. The molecule has 136 valence electrons. The Bertz CT molecular complexity index is 881. The molecular formula is C21H26N4O. The number of carbonyl (C=O) groups is 1. The Morgan fingerprint density at radius 3 is 2.77 bits per heavy atom. The van der Waals surface area contributed by atoms with Crippen molar-refractivity contribution in [3.63, 3.8) is 0 Å². The molecule has 5 heteroatoms. The van der Waals surface area contributed by atoms with Crippen LogP contribution in [0.3, 0.4) is 0 Å². The topological polar surface area (TPSA) is 43.1 Å². The number of imidazole rings is 1. The highest BCUT2D eigenvalue weighted by Gasteiger charge is 2.30. The second-order valence-electron chi connectivity index (χ2n) is 7.14. The summed E-state index contributed by atoms with van der Waals surface area (Å²) in [6, 6.07) is 12.3. The quantitative estimate of drug-likeness (QED) is 0.700. The number of aryl methyl sites for hydroxylation is 2. The Morgan fingerprint density at radius 1 is 1.15 bits per heavy atom. The zero-order chi connectivity index (χ0) is 17.9. The molecule has 0 N–H and O–H groups in total. The number of amides is 1. The van der Waals surface area contributed by atoms with E-state index in [1.165, 1.54) is 0 Å². The van der Waals surface area contributed by atoms with E-state index in [1.807, 2.05) is 42.7 Å². The Morgan fingerprint density at radius 2 is 1.96 bits per heavy atom. The molecule has 0 unspecified atom stereocenters. The van der Waals surface area contributed by atoms with Crippen LogP contribution in [0.4, 0.5) is 0 Å². The van der Waals surface area contributed by atoms with Crippen LogP contribution in [-0.4, -0.2) is 31.5 Å². The molecule has 0 radical (unpaired) electrons. The van der Waals surface area contributed by atoms with Crippen LogP contribution in [0.5, 0.6) is 0 Å². The van der Waals surface area contributed by atoms with Gasteiger partial charge >= 0.3 is 0 Å².